The van der Waals surface area contributed by atoms with Gasteiger partial charge in [0.05, 0.1) is 18.3 Å². The molecule has 0 saturated carbocycles. The van der Waals surface area contributed by atoms with Crippen LogP contribution in [0.1, 0.15) is 25.8 Å². The van der Waals surface area contributed by atoms with Gasteiger partial charge in [-0.15, -0.1) is 0 Å². The van der Waals surface area contributed by atoms with E-state index in [1.54, 1.807) is 0 Å². The molecule has 0 fully saturated rings. The Morgan fingerprint density at radius 1 is 1.44 bits per heavy atom. The van der Waals surface area contributed by atoms with Gasteiger partial charge in [0.2, 0.25) is 5.91 Å². The number of carbonyl (C=O) groups is 1. The van der Waals surface area contributed by atoms with Crippen molar-refractivity contribution >= 4 is 16.8 Å². The van der Waals surface area contributed by atoms with Crippen molar-refractivity contribution in [2.75, 3.05) is 0 Å². The van der Waals surface area contributed by atoms with Crippen LogP contribution in [0.25, 0.3) is 10.9 Å². The molecule has 0 aliphatic rings. The van der Waals surface area contributed by atoms with Crippen molar-refractivity contribution in [1.82, 2.24) is 15.1 Å². The average molecular weight is 245 g/mol. The van der Waals surface area contributed by atoms with Crippen LogP contribution in [-0.2, 0) is 11.3 Å². The van der Waals surface area contributed by atoms with Gasteiger partial charge in [0.15, 0.2) is 0 Å². The molecule has 1 aromatic heterocycles. The highest BCUT2D eigenvalue weighted by molar-refractivity contribution is 5.80. The van der Waals surface area contributed by atoms with Crippen molar-refractivity contribution in [2.45, 2.75) is 39.8 Å². The molecule has 0 radical (unpaired) electrons. The lowest BCUT2D eigenvalue weighted by atomic mass is 10.2. The van der Waals surface area contributed by atoms with Gasteiger partial charge < -0.3 is 5.32 Å². The summed E-state index contributed by atoms with van der Waals surface area (Å²) in [4.78, 5) is 11.6. The summed E-state index contributed by atoms with van der Waals surface area (Å²) >= 11 is 0. The number of rotatable bonds is 4. The lowest BCUT2D eigenvalue weighted by Crippen LogP contribution is -2.30. The van der Waals surface area contributed by atoms with Gasteiger partial charge in [-0.2, -0.15) is 5.10 Å². The maximum Gasteiger partial charge on any atom is 0.222 e. The third-order valence-electron chi connectivity index (χ3n) is 2.80. The molecular weight excluding hydrogens is 226 g/mol. The molecule has 1 aromatic carbocycles. The number of aromatic nitrogens is 2. The molecule has 1 amide bonds. The van der Waals surface area contributed by atoms with E-state index >= 15 is 0 Å². The van der Waals surface area contributed by atoms with Crippen molar-refractivity contribution in [3.05, 3.63) is 30.0 Å². The maximum atomic E-state index is 11.6. The van der Waals surface area contributed by atoms with Gasteiger partial charge in [-0.3, -0.25) is 9.48 Å². The van der Waals surface area contributed by atoms with Crippen LogP contribution in [0, 0.1) is 6.92 Å². The van der Waals surface area contributed by atoms with Crippen LogP contribution >= 0.6 is 0 Å². The lowest BCUT2D eigenvalue weighted by molar-refractivity contribution is -0.121. The molecule has 4 nitrogen and oxygen atoms in total. The summed E-state index contributed by atoms with van der Waals surface area (Å²) in [5.41, 5.74) is 2.29. The summed E-state index contributed by atoms with van der Waals surface area (Å²) < 4.78 is 1.89. The van der Waals surface area contributed by atoms with Crippen molar-refractivity contribution < 1.29 is 4.79 Å². The van der Waals surface area contributed by atoms with Crippen LogP contribution in [0.4, 0.5) is 0 Å². The molecule has 1 N–H and O–H groups in total. The fourth-order valence-electron chi connectivity index (χ4n) is 1.96. The third kappa shape index (κ3) is 2.88. The van der Waals surface area contributed by atoms with E-state index in [1.165, 1.54) is 5.56 Å². The first-order valence-corrected chi connectivity index (χ1v) is 6.28. The van der Waals surface area contributed by atoms with E-state index in [9.17, 15) is 4.79 Å². The van der Waals surface area contributed by atoms with Crippen LogP contribution in [0.15, 0.2) is 24.4 Å². The Kier molecular flexibility index (Phi) is 3.65. The molecule has 2 rings (SSSR count). The maximum absolute atomic E-state index is 11.6. The van der Waals surface area contributed by atoms with Gasteiger partial charge in [-0.1, -0.05) is 12.1 Å². The van der Waals surface area contributed by atoms with E-state index in [4.69, 9.17) is 0 Å². The Morgan fingerprint density at radius 3 is 2.94 bits per heavy atom. The first-order valence-electron chi connectivity index (χ1n) is 6.28. The summed E-state index contributed by atoms with van der Waals surface area (Å²) in [7, 11) is 0. The van der Waals surface area contributed by atoms with Crippen LogP contribution < -0.4 is 5.32 Å². The average Bonchev–Trinajstić information content (AvgIpc) is 2.68. The number of hydrogen-bond acceptors (Lipinski definition) is 2. The van der Waals surface area contributed by atoms with Crippen molar-refractivity contribution in [3.8, 4) is 0 Å². The summed E-state index contributed by atoms with van der Waals surface area (Å²) in [5, 5.41) is 8.32. The fourth-order valence-corrected chi connectivity index (χ4v) is 1.96. The Labute approximate surface area is 107 Å². The number of nitrogens with one attached hydrogen (secondary N) is 1. The first kappa shape index (κ1) is 12.6. The van der Waals surface area contributed by atoms with Gasteiger partial charge in [-0.05, 0) is 32.4 Å². The second-order valence-electron chi connectivity index (χ2n) is 4.90. The van der Waals surface area contributed by atoms with Crippen LogP contribution in [0.2, 0.25) is 0 Å². The molecule has 0 atom stereocenters. The molecule has 18 heavy (non-hydrogen) atoms. The second kappa shape index (κ2) is 5.21. The fraction of sp³-hybridized carbons (Fsp3) is 0.429. The first-order chi connectivity index (χ1) is 8.56. The zero-order valence-corrected chi connectivity index (χ0v) is 11.1. The number of benzene rings is 1. The topological polar surface area (TPSA) is 46.9 Å². The standard InChI is InChI=1S/C14H19N3O/c1-10(2)16-14(18)6-7-17-13-8-11(3)4-5-12(13)9-15-17/h4-5,8-10H,6-7H2,1-3H3,(H,16,18). The normalized spacial score (nSPS) is 11.1. The number of fused-ring (bicyclic) bond motifs is 1. The third-order valence-corrected chi connectivity index (χ3v) is 2.80. The molecule has 2 aromatic rings. The predicted molar refractivity (Wildman–Crippen MR) is 72.4 cm³/mol. The molecule has 4 heteroatoms. The molecule has 0 spiro atoms. The molecule has 0 bridgehead atoms. The van der Waals surface area contributed by atoms with Gasteiger partial charge in [-0.25, -0.2) is 0 Å². The van der Waals surface area contributed by atoms with E-state index in [2.05, 4.69) is 35.5 Å². The molecule has 1 heterocycles. The Hall–Kier alpha value is -1.84. The quantitative estimate of drug-likeness (QED) is 0.898. The Bertz CT molecular complexity index is 557. The van der Waals surface area contributed by atoms with Gasteiger partial charge in [0.1, 0.15) is 0 Å². The summed E-state index contributed by atoms with van der Waals surface area (Å²) in [6.07, 6.45) is 2.30. The molecule has 0 aliphatic heterocycles. The van der Waals surface area contributed by atoms with Crippen molar-refractivity contribution in [2.24, 2.45) is 0 Å². The zero-order valence-electron chi connectivity index (χ0n) is 11.1. The smallest absolute Gasteiger partial charge is 0.222 e. The summed E-state index contributed by atoms with van der Waals surface area (Å²) in [6.45, 7) is 6.60. The SMILES string of the molecule is Cc1ccc2cnn(CCC(=O)NC(C)C)c2c1. The number of hydrogen-bond donors (Lipinski definition) is 1. The minimum atomic E-state index is 0.0707. The van der Waals surface area contributed by atoms with Crippen molar-refractivity contribution in [3.63, 3.8) is 0 Å². The van der Waals surface area contributed by atoms with Crippen LogP contribution in [0.5, 0.6) is 0 Å². The molecular formula is C14H19N3O. The minimum absolute atomic E-state index is 0.0707. The van der Waals surface area contributed by atoms with Gasteiger partial charge in [0.25, 0.3) is 0 Å². The van der Waals surface area contributed by atoms with Gasteiger partial charge in [0, 0.05) is 17.8 Å². The summed E-state index contributed by atoms with van der Waals surface area (Å²) in [6, 6.07) is 6.42. The number of amides is 1. The lowest BCUT2D eigenvalue weighted by Gasteiger charge is -2.08. The highest BCUT2D eigenvalue weighted by Crippen LogP contribution is 2.15. The van der Waals surface area contributed by atoms with E-state index < -0.39 is 0 Å². The molecule has 0 saturated heterocycles. The van der Waals surface area contributed by atoms with Crippen LogP contribution in [0.3, 0.4) is 0 Å². The van der Waals surface area contributed by atoms with E-state index in [0.717, 1.165) is 10.9 Å². The monoisotopic (exact) mass is 245 g/mol. The molecule has 96 valence electrons. The molecule has 0 unspecified atom stereocenters. The Morgan fingerprint density at radius 2 is 2.22 bits per heavy atom. The van der Waals surface area contributed by atoms with Crippen molar-refractivity contribution in [1.29, 1.82) is 0 Å². The zero-order chi connectivity index (χ0) is 13.1. The van der Waals surface area contributed by atoms with Crippen LogP contribution in [-0.4, -0.2) is 21.7 Å². The van der Waals surface area contributed by atoms with E-state index in [0.29, 0.717) is 13.0 Å². The highest BCUT2D eigenvalue weighted by Gasteiger charge is 2.06. The largest absolute Gasteiger partial charge is 0.354 e. The number of nitrogens with zero attached hydrogens (tertiary/aromatic N) is 2. The Balaban J connectivity index is 2.08. The van der Waals surface area contributed by atoms with E-state index in [1.807, 2.05) is 24.7 Å². The number of carbonyl (C=O) groups excluding carboxylic acids is 1. The summed E-state index contributed by atoms with van der Waals surface area (Å²) in [5.74, 6) is 0.0707. The molecule has 0 aliphatic carbocycles. The second-order valence-corrected chi connectivity index (χ2v) is 4.90. The highest BCUT2D eigenvalue weighted by atomic mass is 16.1. The van der Waals surface area contributed by atoms with Gasteiger partial charge >= 0.3 is 0 Å². The number of aryl methyl sites for hydroxylation is 2. The van der Waals surface area contributed by atoms with E-state index in [-0.39, 0.29) is 11.9 Å². The minimum Gasteiger partial charge on any atom is -0.354 e. The predicted octanol–water partition coefficient (Wildman–Crippen LogP) is 2.26.